The van der Waals surface area contributed by atoms with Crippen LogP contribution in [0.3, 0.4) is 0 Å². The van der Waals surface area contributed by atoms with Crippen molar-refractivity contribution in [2.45, 2.75) is 33.8 Å². The van der Waals surface area contributed by atoms with Crippen LogP contribution in [0.5, 0.6) is 0 Å². The Bertz CT molecular complexity index is 184. The summed E-state index contributed by atoms with van der Waals surface area (Å²) in [6.45, 7) is 7.35. The Kier molecular flexibility index (Phi) is 5.08. The van der Waals surface area contributed by atoms with Crippen LogP contribution in [0.15, 0.2) is 0 Å². The number of aliphatic hydroxyl groups is 2. The van der Waals surface area contributed by atoms with E-state index < -0.39 is 12.0 Å². The Hall–Kier alpha value is -0.610. The summed E-state index contributed by atoms with van der Waals surface area (Å²) in [5.74, 6) is -0.637. The molecule has 0 rings (SSSR count). The highest BCUT2D eigenvalue weighted by molar-refractivity contribution is 5.79. The molecule has 4 heteroatoms. The monoisotopic (exact) mass is 203 g/mol. The lowest BCUT2D eigenvalue weighted by Crippen LogP contribution is -2.42. The van der Waals surface area contributed by atoms with E-state index in [-0.39, 0.29) is 24.5 Å². The van der Waals surface area contributed by atoms with Gasteiger partial charge in [-0.25, -0.2) is 0 Å². The zero-order valence-corrected chi connectivity index (χ0v) is 9.37. The van der Waals surface area contributed by atoms with E-state index in [9.17, 15) is 4.79 Å². The van der Waals surface area contributed by atoms with Gasteiger partial charge in [0.2, 0.25) is 5.91 Å². The minimum Gasteiger partial charge on any atom is -0.396 e. The molecule has 14 heavy (non-hydrogen) atoms. The average molecular weight is 203 g/mol. The van der Waals surface area contributed by atoms with E-state index in [0.717, 1.165) is 0 Å². The van der Waals surface area contributed by atoms with Gasteiger partial charge in [0.05, 0.1) is 18.6 Å². The van der Waals surface area contributed by atoms with Gasteiger partial charge in [0.15, 0.2) is 0 Å². The number of aliphatic hydroxyl groups excluding tert-OH is 2. The molecule has 0 spiro atoms. The van der Waals surface area contributed by atoms with Crippen LogP contribution in [0.1, 0.15) is 27.7 Å². The van der Waals surface area contributed by atoms with E-state index in [2.05, 4.69) is 5.32 Å². The van der Waals surface area contributed by atoms with Crippen molar-refractivity contribution in [2.24, 2.45) is 11.3 Å². The summed E-state index contributed by atoms with van der Waals surface area (Å²) in [5, 5.41) is 20.6. The van der Waals surface area contributed by atoms with E-state index in [1.807, 2.05) is 20.8 Å². The Labute approximate surface area is 85.3 Å². The van der Waals surface area contributed by atoms with Crippen molar-refractivity contribution >= 4 is 5.91 Å². The van der Waals surface area contributed by atoms with Gasteiger partial charge in [-0.3, -0.25) is 4.79 Å². The maximum absolute atomic E-state index is 11.5. The second kappa shape index (κ2) is 5.32. The highest BCUT2D eigenvalue weighted by Crippen LogP contribution is 2.25. The second-order valence-electron chi connectivity index (χ2n) is 4.70. The molecule has 0 aromatic heterocycles. The summed E-state index contributed by atoms with van der Waals surface area (Å²) < 4.78 is 0. The van der Waals surface area contributed by atoms with Gasteiger partial charge < -0.3 is 15.5 Å². The van der Waals surface area contributed by atoms with Crippen molar-refractivity contribution in [3.8, 4) is 0 Å². The molecule has 1 amide bonds. The Morgan fingerprint density at radius 2 is 1.93 bits per heavy atom. The van der Waals surface area contributed by atoms with Gasteiger partial charge >= 0.3 is 0 Å². The lowest BCUT2D eigenvalue weighted by Gasteiger charge is -2.28. The third kappa shape index (κ3) is 4.58. The minimum atomic E-state index is -0.557. The fourth-order valence-corrected chi connectivity index (χ4v) is 1.12. The first kappa shape index (κ1) is 13.4. The largest absolute Gasteiger partial charge is 0.396 e. The molecule has 0 aliphatic heterocycles. The normalized spacial score (nSPS) is 16.1. The molecule has 0 aromatic rings. The third-order valence-corrected chi connectivity index (χ3v) is 2.12. The second-order valence-corrected chi connectivity index (χ2v) is 4.70. The van der Waals surface area contributed by atoms with E-state index in [0.29, 0.717) is 0 Å². The molecule has 4 nitrogen and oxygen atoms in total. The first-order chi connectivity index (χ1) is 6.29. The maximum Gasteiger partial charge on any atom is 0.226 e. The summed E-state index contributed by atoms with van der Waals surface area (Å²) in [6, 6.07) is 0. The Morgan fingerprint density at radius 1 is 1.43 bits per heavy atom. The predicted octanol–water partition coefficient (Wildman–Crippen LogP) is 0.138. The Morgan fingerprint density at radius 3 is 2.21 bits per heavy atom. The van der Waals surface area contributed by atoms with Gasteiger partial charge in [0.25, 0.3) is 0 Å². The minimum absolute atomic E-state index is 0.171. The van der Waals surface area contributed by atoms with Crippen LogP contribution in [0.25, 0.3) is 0 Å². The molecule has 0 aromatic carbocycles. The van der Waals surface area contributed by atoms with E-state index >= 15 is 0 Å². The molecule has 0 radical (unpaired) electrons. The SMILES string of the molecule is CC(O)CNC(=O)C(CO)C(C)(C)C. The highest BCUT2D eigenvalue weighted by atomic mass is 16.3. The Balaban J connectivity index is 4.20. The number of rotatable bonds is 4. The number of hydrogen-bond donors (Lipinski definition) is 3. The van der Waals surface area contributed by atoms with Gasteiger partial charge in [-0.1, -0.05) is 20.8 Å². The summed E-state index contributed by atoms with van der Waals surface area (Å²) in [6.07, 6.45) is -0.557. The van der Waals surface area contributed by atoms with Gasteiger partial charge in [-0.05, 0) is 12.3 Å². The van der Waals surface area contributed by atoms with Crippen LogP contribution in [0.2, 0.25) is 0 Å². The molecule has 0 heterocycles. The van der Waals surface area contributed by atoms with E-state index in [1.165, 1.54) is 0 Å². The third-order valence-electron chi connectivity index (χ3n) is 2.12. The fourth-order valence-electron chi connectivity index (χ4n) is 1.12. The number of carbonyl (C=O) groups is 1. The van der Waals surface area contributed by atoms with Crippen LogP contribution in [0, 0.1) is 11.3 Å². The molecule has 0 bridgehead atoms. The average Bonchev–Trinajstić information content (AvgIpc) is 1.99. The topological polar surface area (TPSA) is 69.6 Å². The molecular weight excluding hydrogens is 182 g/mol. The standard InChI is InChI=1S/C10H21NO3/c1-7(13)5-11-9(14)8(6-12)10(2,3)4/h7-8,12-13H,5-6H2,1-4H3,(H,11,14). The van der Waals surface area contributed by atoms with Crippen molar-refractivity contribution in [1.29, 1.82) is 0 Å². The summed E-state index contributed by atoms with van der Waals surface area (Å²) in [7, 11) is 0. The lowest BCUT2D eigenvalue weighted by atomic mass is 9.80. The number of amides is 1. The van der Waals surface area contributed by atoms with Crippen molar-refractivity contribution in [3.05, 3.63) is 0 Å². The molecule has 84 valence electrons. The fraction of sp³-hybridized carbons (Fsp3) is 0.900. The summed E-state index contributed by atoms with van der Waals surface area (Å²) in [4.78, 5) is 11.5. The smallest absolute Gasteiger partial charge is 0.226 e. The molecule has 0 saturated heterocycles. The molecule has 2 atom stereocenters. The van der Waals surface area contributed by atoms with Crippen LogP contribution in [-0.2, 0) is 4.79 Å². The van der Waals surface area contributed by atoms with Gasteiger partial charge in [0.1, 0.15) is 0 Å². The first-order valence-corrected chi connectivity index (χ1v) is 4.85. The summed E-state index contributed by atoms with van der Waals surface area (Å²) in [5.41, 5.74) is -0.266. The highest BCUT2D eigenvalue weighted by Gasteiger charge is 2.30. The molecule has 0 aliphatic rings. The van der Waals surface area contributed by atoms with Crippen LogP contribution in [-0.4, -0.2) is 35.4 Å². The zero-order valence-electron chi connectivity index (χ0n) is 9.37. The van der Waals surface area contributed by atoms with Crippen molar-refractivity contribution in [2.75, 3.05) is 13.2 Å². The number of hydrogen-bond acceptors (Lipinski definition) is 3. The van der Waals surface area contributed by atoms with Gasteiger partial charge in [0, 0.05) is 6.54 Å². The van der Waals surface area contributed by atoms with Gasteiger partial charge in [-0.2, -0.15) is 0 Å². The number of carbonyl (C=O) groups excluding carboxylic acids is 1. The van der Waals surface area contributed by atoms with E-state index in [1.54, 1.807) is 6.92 Å². The molecule has 0 aliphatic carbocycles. The number of nitrogens with one attached hydrogen (secondary N) is 1. The van der Waals surface area contributed by atoms with Crippen LogP contribution >= 0.6 is 0 Å². The molecule has 0 fully saturated rings. The van der Waals surface area contributed by atoms with E-state index in [4.69, 9.17) is 10.2 Å². The molecule has 2 unspecified atom stereocenters. The quantitative estimate of drug-likeness (QED) is 0.608. The first-order valence-electron chi connectivity index (χ1n) is 4.85. The van der Waals surface area contributed by atoms with Crippen molar-refractivity contribution < 1.29 is 15.0 Å². The van der Waals surface area contributed by atoms with Gasteiger partial charge in [-0.15, -0.1) is 0 Å². The van der Waals surface area contributed by atoms with Crippen molar-refractivity contribution in [1.82, 2.24) is 5.32 Å². The molecule has 0 saturated carbocycles. The predicted molar refractivity (Wildman–Crippen MR) is 54.7 cm³/mol. The van der Waals surface area contributed by atoms with Crippen LogP contribution < -0.4 is 5.32 Å². The zero-order chi connectivity index (χ0) is 11.4. The summed E-state index contributed by atoms with van der Waals surface area (Å²) >= 11 is 0. The maximum atomic E-state index is 11.5. The van der Waals surface area contributed by atoms with Crippen molar-refractivity contribution in [3.63, 3.8) is 0 Å². The molecule has 3 N–H and O–H groups in total. The molecular formula is C10H21NO3. The lowest BCUT2D eigenvalue weighted by molar-refractivity contribution is -0.130. The van der Waals surface area contributed by atoms with Crippen LogP contribution in [0.4, 0.5) is 0 Å².